The fourth-order valence-corrected chi connectivity index (χ4v) is 0.880. The molecule has 0 radical (unpaired) electrons. The molecule has 0 aliphatic carbocycles. The summed E-state index contributed by atoms with van der Waals surface area (Å²) in [5, 5.41) is 35.0. The number of hydrogen-bond donors (Lipinski definition) is 5. The van der Waals surface area contributed by atoms with Crippen molar-refractivity contribution in [3.05, 3.63) is 0 Å². The lowest BCUT2D eigenvalue weighted by atomic mass is 10.1. The molecule has 1 aliphatic rings. The standard InChI is InChI=1S/C5H10O5.C2H2Cl3NO/c6-1-2-3(7)4(8)5(9)10-2;3-2(4,5)1(6)7/h2-9H,1H2;(H2,6,7)/t2-,3-,4-,5?;/m1./s1. The second kappa shape index (κ2) is 6.91. The normalized spacial score (nSPS) is 32.9. The minimum absolute atomic E-state index is 0.407. The third-order valence-electron chi connectivity index (χ3n) is 1.80. The molecule has 1 aliphatic heterocycles. The van der Waals surface area contributed by atoms with Gasteiger partial charge in [0.2, 0.25) is 0 Å². The number of halogens is 3. The Morgan fingerprint density at radius 1 is 1.24 bits per heavy atom. The fourth-order valence-electron chi connectivity index (χ4n) is 0.880. The van der Waals surface area contributed by atoms with Gasteiger partial charge in [0.25, 0.3) is 9.70 Å². The van der Waals surface area contributed by atoms with Crippen LogP contribution >= 0.6 is 34.8 Å². The van der Waals surface area contributed by atoms with Gasteiger partial charge in [-0.05, 0) is 0 Å². The van der Waals surface area contributed by atoms with Crippen molar-refractivity contribution in [1.82, 2.24) is 0 Å². The van der Waals surface area contributed by atoms with Crippen LogP contribution < -0.4 is 5.73 Å². The van der Waals surface area contributed by atoms with E-state index in [0.717, 1.165) is 0 Å². The SMILES string of the molecule is NC(=O)C(Cl)(Cl)Cl.OC[C@H]1OC(O)[C@H](O)[C@@H]1O. The molecule has 0 saturated carbocycles. The van der Waals surface area contributed by atoms with Crippen LogP contribution in [0.5, 0.6) is 0 Å². The quantitative estimate of drug-likeness (QED) is 0.365. The van der Waals surface area contributed by atoms with Gasteiger partial charge in [0.1, 0.15) is 18.3 Å². The molecule has 0 aromatic rings. The average molecular weight is 313 g/mol. The van der Waals surface area contributed by atoms with E-state index in [4.69, 9.17) is 55.2 Å². The smallest absolute Gasteiger partial charge is 0.269 e. The highest BCUT2D eigenvalue weighted by Gasteiger charge is 2.41. The molecule has 6 N–H and O–H groups in total. The van der Waals surface area contributed by atoms with Gasteiger partial charge in [-0.3, -0.25) is 4.79 Å². The Balaban J connectivity index is 0.000000325. The highest BCUT2D eigenvalue weighted by atomic mass is 35.6. The zero-order valence-corrected chi connectivity index (χ0v) is 10.6. The lowest BCUT2D eigenvalue weighted by Crippen LogP contribution is -2.33. The van der Waals surface area contributed by atoms with Gasteiger partial charge in [0.15, 0.2) is 6.29 Å². The summed E-state index contributed by atoms with van der Waals surface area (Å²) in [7, 11) is 0. The number of aliphatic hydroxyl groups is 4. The van der Waals surface area contributed by atoms with Crippen LogP contribution in [-0.4, -0.2) is 61.3 Å². The Labute approximate surface area is 112 Å². The lowest BCUT2D eigenvalue weighted by molar-refractivity contribution is -0.132. The maximum absolute atomic E-state index is 9.85. The van der Waals surface area contributed by atoms with Crippen LogP contribution in [-0.2, 0) is 9.53 Å². The van der Waals surface area contributed by atoms with Crippen molar-refractivity contribution in [2.24, 2.45) is 5.73 Å². The number of ether oxygens (including phenoxy) is 1. The topological polar surface area (TPSA) is 133 Å². The van der Waals surface area contributed by atoms with Crippen LogP contribution in [0.3, 0.4) is 0 Å². The Morgan fingerprint density at radius 2 is 1.65 bits per heavy atom. The van der Waals surface area contributed by atoms with Gasteiger partial charge >= 0.3 is 0 Å². The molecule has 102 valence electrons. The molecule has 1 rings (SSSR count). The molecule has 0 aromatic heterocycles. The zero-order valence-electron chi connectivity index (χ0n) is 8.33. The van der Waals surface area contributed by atoms with E-state index in [-0.39, 0.29) is 0 Å². The first kappa shape index (κ1) is 17.1. The van der Waals surface area contributed by atoms with E-state index in [1.54, 1.807) is 0 Å². The summed E-state index contributed by atoms with van der Waals surface area (Å²) < 4.78 is 2.60. The van der Waals surface area contributed by atoms with Crippen LogP contribution in [0.25, 0.3) is 0 Å². The minimum atomic E-state index is -1.94. The summed E-state index contributed by atoms with van der Waals surface area (Å²) in [4.78, 5) is 9.85. The third kappa shape index (κ3) is 5.54. The number of carbonyl (C=O) groups excluding carboxylic acids is 1. The Hall–Kier alpha value is 0.140. The van der Waals surface area contributed by atoms with Crippen molar-refractivity contribution in [2.45, 2.75) is 28.4 Å². The molecule has 7 nitrogen and oxygen atoms in total. The van der Waals surface area contributed by atoms with Crippen LogP contribution in [0.2, 0.25) is 0 Å². The summed E-state index contributed by atoms with van der Waals surface area (Å²) in [5.41, 5.74) is 4.53. The van der Waals surface area contributed by atoms with Gasteiger partial charge in [-0.1, -0.05) is 34.8 Å². The molecule has 0 aromatic carbocycles. The number of primary amides is 1. The van der Waals surface area contributed by atoms with Crippen LogP contribution in [0.15, 0.2) is 0 Å². The second-order valence-electron chi connectivity index (χ2n) is 3.09. The molecular formula is C7H12Cl3NO6. The van der Waals surface area contributed by atoms with Crippen molar-refractivity contribution in [3.63, 3.8) is 0 Å². The largest absolute Gasteiger partial charge is 0.394 e. The molecule has 1 heterocycles. The van der Waals surface area contributed by atoms with Gasteiger partial charge in [-0.2, -0.15) is 0 Å². The van der Waals surface area contributed by atoms with E-state index in [2.05, 4.69) is 10.5 Å². The Bertz CT molecular complexity index is 260. The fraction of sp³-hybridized carbons (Fsp3) is 0.857. The maximum Gasteiger partial charge on any atom is 0.269 e. The zero-order chi connectivity index (χ0) is 13.8. The first-order valence-corrected chi connectivity index (χ1v) is 5.41. The number of carbonyl (C=O) groups is 1. The Morgan fingerprint density at radius 3 is 1.76 bits per heavy atom. The van der Waals surface area contributed by atoms with Crippen molar-refractivity contribution in [1.29, 1.82) is 0 Å². The van der Waals surface area contributed by atoms with E-state index in [1.165, 1.54) is 0 Å². The van der Waals surface area contributed by atoms with Crippen LogP contribution in [0.4, 0.5) is 0 Å². The van der Waals surface area contributed by atoms with Crippen molar-refractivity contribution in [2.75, 3.05) is 6.61 Å². The number of alkyl halides is 3. The highest BCUT2D eigenvalue weighted by Crippen LogP contribution is 2.24. The lowest BCUT2D eigenvalue weighted by Gasteiger charge is -2.09. The first-order valence-electron chi connectivity index (χ1n) is 4.28. The van der Waals surface area contributed by atoms with Crippen molar-refractivity contribution < 1.29 is 30.0 Å². The molecule has 1 unspecified atom stereocenters. The molecular weight excluding hydrogens is 300 g/mol. The van der Waals surface area contributed by atoms with Gasteiger partial charge in [0, 0.05) is 0 Å². The molecule has 1 fully saturated rings. The first-order chi connectivity index (χ1) is 7.61. The van der Waals surface area contributed by atoms with E-state index < -0.39 is 40.9 Å². The van der Waals surface area contributed by atoms with Gasteiger partial charge < -0.3 is 30.9 Å². The second-order valence-corrected chi connectivity index (χ2v) is 5.37. The predicted molar refractivity (Wildman–Crippen MR) is 59.5 cm³/mol. The molecule has 0 spiro atoms. The van der Waals surface area contributed by atoms with Gasteiger partial charge in [-0.15, -0.1) is 0 Å². The Kier molecular flexibility index (Phi) is 6.97. The summed E-state index contributed by atoms with van der Waals surface area (Å²) >= 11 is 14.8. The number of hydrogen-bond acceptors (Lipinski definition) is 6. The summed E-state index contributed by atoms with van der Waals surface area (Å²) in [6.07, 6.45) is -4.76. The van der Waals surface area contributed by atoms with E-state index >= 15 is 0 Å². The highest BCUT2D eigenvalue weighted by molar-refractivity contribution is 6.76. The maximum atomic E-state index is 9.85. The number of amides is 1. The molecule has 10 heteroatoms. The molecule has 0 bridgehead atoms. The van der Waals surface area contributed by atoms with E-state index in [9.17, 15) is 4.79 Å². The number of aliphatic hydroxyl groups excluding tert-OH is 4. The summed E-state index contributed by atoms with van der Waals surface area (Å²) in [6, 6.07) is 0. The van der Waals surface area contributed by atoms with Crippen molar-refractivity contribution in [3.8, 4) is 0 Å². The van der Waals surface area contributed by atoms with E-state index in [0.29, 0.717) is 0 Å². The predicted octanol–water partition coefficient (Wildman–Crippen LogP) is -1.74. The monoisotopic (exact) mass is 311 g/mol. The van der Waals surface area contributed by atoms with Gasteiger partial charge in [0.05, 0.1) is 6.61 Å². The average Bonchev–Trinajstić information content (AvgIpc) is 2.45. The van der Waals surface area contributed by atoms with Gasteiger partial charge in [-0.25, -0.2) is 0 Å². The molecule has 1 saturated heterocycles. The van der Waals surface area contributed by atoms with Crippen molar-refractivity contribution >= 4 is 40.7 Å². The summed E-state index contributed by atoms with van der Waals surface area (Å²) in [5.74, 6) is -0.961. The number of rotatable bonds is 1. The van der Waals surface area contributed by atoms with Crippen LogP contribution in [0.1, 0.15) is 0 Å². The third-order valence-corrected chi connectivity index (χ3v) is 2.36. The minimum Gasteiger partial charge on any atom is -0.394 e. The summed E-state index contributed by atoms with van der Waals surface area (Å²) in [6.45, 7) is -0.407. The van der Waals surface area contributed by atoms with Crippen LogP contribution in [0, 0.1) is 0 Å². The molecule has 17 heavy (non-hydrogen) atoms. The number of nitrogens with two attached hydrogens (primary N) is 1. The molecule has 4 atom stereocenters. The molecule has 1 amide bonds. The van der Waals surface area contributed by atoms with E-state index in [1.807, 2.05) is 0 Å².